The van der Waals surface area contributed by atoms with Gasteiger partial charge in [-0.3, -0.25) is 4.79 Å². The van der Waals surface area contributed by atoms with Gasteiger partial charge in [0.25, 0.3) is 0 Å². The Morgan fingerprint density at radius 2 is 0.833 bits per heavy atom. The lowest BCUT2D eigenvalue weighted by atomic mass is 10.1. The van der Waals surface area contributed by atoms with Crippen molar-refractivity contribution in [1.82, 2.24) is 0 Å². The zero-order chi connectivity index (χ0) is 22.1. The van der Waals surface area contributed by atoms with Crippen molar-refractivity contribution in [3.63, 3.8) is 0 Å². The van der Waals surface area contributed by atoms with E-state index in [1.54, 1.807) is 79.1 Å². The maximum Gasteiger partial charge on any atom is 0.178 e. The van der Waals surface area contributed by atoms with Crippen LogP contribution in [0.4, 0.5) is 0 Å². The topological polar surface area (TPSA) is 72.5 Å². The van der Waals surface area contributed by atoms with Crippen LogP contribution in [0.5, 0.6) is 34.5 Å². The molecule has 30 heavy (non-hydrogen) atoms. The first-order valence-electron chi connectivity index (χ1n) is 9.01. The number of ether oxygens (including phenoxy) is 6. The van der Waals surface area contributed by atoms with Crippen molar-refractivity contribution in [1.29, 1.82) is 0 Å². The van der Waals surface area contributed by atoms with Crippen molar-refractivity contribution >= 4 is 17.9 Å². The normalized spacial score (nSPS) is 10.9. The third kappa shape index (κ3) is 5.26. The number of ketones is 1. The summed E-state index contributed by atoms with van der Waals surface area (Å²) in [6.07, 6.45) is 6.18. The lowest BCUT2D eigenvalue weighted by Crippen LogP contribution is -1.95. The van der Waals surface area contributed by atoms with E-state index < -0.39 is 0 Å². The highest BCUT2D eigenvalue weighted by Crippen LogP contribution is 2.36. The molecule has 0 radical (unpaired) electrons. The second-order valence-electron chi connectivity index (χ2n) is 5.97. The largest absolute Gasteiger partial charge is 0.496 e. The van der Waals surface area contributed by atoms with Gasteiger partial charge in [0, 0.05) is 23.3 Å². The van der Waals surface area contributed by atoms with Gasteiger partial charge in [-0.1, -0.05) is 0 Å². The summed E-state index contributed by atoms with van der Waals surface area (Å²) in [5.74, 6) is 3.05. The molecule has 0 heterocycles. The van der Waals surface area contributed by atoms with Gasteiger partial charge in [-0.15, -0.1) is 0 Å². The Kier molecular flexibility index (Phi) is 8.17. The van der Waals surface area contributed by atoms with Crippen LogP contribution in [0.2, 0.25) is 0 Å². The van der Waals surface area contributed by atoms with Crippen LogP contribution >= 0.6 is 0 Å². The number of rotatable bonds is 10. The molecule has 0 fully saturated rings. The molecular formula is C23H26O7. The van der Waals surface area contributed by atoms with Crippen LogP contribution in [0.25, 0.3) is 12.2 Å². The summed E-state index contributed by atoms with van der Waals surface area (Å²) >= 11 is 0. The molecule has 2 rings (SSSR count). The molecule has 0 aliphatic rings. The van der Waals surface area contributed by atoms with Crippen molar-refractivity contribution in [3.8, 4) is 34.5 Å². The highest BCUT2D eigenvalue weighted by molar-refractivity contribution is 6.04. The number of benzene rings is 2. The molecule has 0 amide bonds. The minimum atomic E-state index is -0.219. The average molecular weight is 414 g/mol. The van der Waals surface area contributed by atoms with Crippen molar-refractivity contribution in [3.05, 3.63) is 47.5 Å². The highest BCUT2D eigenvalue weighted by atomic mass is 16.5. The summed E-state index contributed by atoms with van der Waals surface area (Å²) < 4.78 is 31.9. The van der Waals surface area contributed by atoms with Crippen molar-refractivity contribution in [2.45, 2.75) is 0 Å². The van der Waals surface area contributed by atoms with E-state index in [4.69, 9.17) is 28.4 Å². The molecule has 0 aliphatic carbocycles. The zero-order valence-electron chi connectivity index (χ0n) is 18.0. The van der Waals surface area contributed by atoms with Crippen molar-refractivity contribution in [2.75, 3.05) is 42.7 Å². The Hall–Kier alpha value is -3.61. The van der Waals surface area contributed by atoms with E-state index in [2.05, 4.69) is 0 Å². The van der Waals surface area contributed by atoms with Gasteiger partial charge in [0.2, 0.25) is 0 Å². The highest BCUT2D eigenvalue weighted by Gasteiger charge is 2.11. The van der Waals surface area contributed by atoms with Crippen LogP contribution in [0, 0.1) is 0 Å². The van der Waals surface area contributed by atoms with Gasteiger partial charge < -0.3 is 28.4 Å². The quantitative estimate of drug-likeness (QED) is 0.544. The molecule has 0 aromatic heterocycles. The van der Waals surface area contributed by atoms with Crippen LogP contribution in [-0.2, 0) is 4.79 Å². The SMILES string of the molecule is COc1cc(OC)c(OC)cc1/C=C/C(=O)/C=C/c1cc(OC)c(OC)cc1OC. The van der Waals surface area contributed by atoms with Crippen LogP contribution in [0.3, 0.4) is 0 Å². The predicted molar refractivity (Wildman–Crippen MR) is 115 cm³/mol. The minimum Gasteiger partial charge on any atom is -0.496 e. The molecule has 0 bridgehead atoms. The van der Waals surface area contributed by atoms with E-state index >= 15 is 0 Å². The molecule has 0 aliphatic heterocycles. The lowest BCUT2D eigenvalue weighted by Gasteiger charge is -2.12. The summed E-state index contributed by atoms with van der Waals surface area (Å²) in [6, 6.07) is 6.88. The van der Waals surface area contributed by atoms with Crippen LogP contribution in [0.15, 0.2) is 36.4 Å². The van der Waals surface area contributed by atoms with E-state index in [9.17, 15) is 4.79 Å². The fourth-order valence-corrected chi connectivity index (χ4v) is 2.77. The summed E-state index contributed by atoms with van der Waals surface area (Å²) in [6.45, 7) is 0. The molecular weight excluding hydrogens is 388 g/mol. The predicted octanol–water partition coefficient (Wildman–Crippen LogP) is 4.03. The van der Waals surface area contributed by atoms with E-state index in [1.807, 2.05) is 0 Å². The van der Waals surface area contributed by atoms with E-state index in [0.717, 1.165) is 0 Å². The molecule has 0 atom stereocenters. The van der Waals surface area contributed by atoms with E-state index in [0.29, 0.717) is 45.6 Å². The average Bonchev–Trinajstić information content (AvgIpc) is 2.79. The van der Waals surface area contributed by atoms with Crippen molar-refractivity contribution in [2.24, 2.45) is 0 Å². The van der Waals surface area contributed by atoms with Gasteiger partial charge in [0.1, 0.15) is 11.5 Å². The first kappa shape index (κ1) is 22.7. The third-order valence-electron chi connectivity index (χ3n) is 4.33. The first-order chi connectivity index (χ1) is 14.5. The number of hydrogen-bond acceptors (Lipinski definition) is 7. The van der Waals surface area contributed by atoms with Gasteiger partial charge in [0.15, 0.2) is 28.8 Å². The molecule has 7 nitrogen and oxygen atoms in total. The first-order valence-corrected chi connectivity index (χ1v) is 9.01. The standard InChI is InChI=1S/C23H26O7/c1-25-18-13-22(29-5)20(27-3)11-15(18)7-9-17(24)10-8-16-12-21(28-4)23(30-6)14-19(16)26-2/h7-14H,1-6H3/b9-7+,10-8+. The number of carbonyl (C=O) groups is 1. The maximum atomic E-state index is 12.4. The molecule has 160 valence electrons. The molecule has 2 aromatic carbocycles. The Bertz CT molecular complexity index is 870. The number of carbonyl (C=O) groups excluding carboxylic acids is 1. The second kappa shape index (κ2) is 10.8. The van der Waals surface area contributed by atoms with E-state index in [1.165, 1.54) is 12.2 Å². The smallest absolute Gasteiger partial charge is 0.178 e. The fraction of sp³-hybridized carbons (Fsp3) is 0.261. The van der Waals surface area contributed by atoms with Gasteiger partial charge in [-0.05, 0) is 36.4 Å². The van der Waals surface area contributed by atoms with Gasteiger partial charge in [0.05, 0.1) is 42.7 Å². The summed E-state index contributed by atoms with van der Waals surface area (Å²) in [5, 5.41) is 0. The van der Waals surface area contributed by atoms with Gasteiger partial charge >= 0.3 is 0 Å². The molecule has 0 N–H and O–H groups in total. The van der Waals surface area contributed by atoms with Crippen LogP contribution in [-0.4, -0.2) is 48.4 Å². The van der Waals surface area contributed by atoms with Gasteiger partial charge in [-0.25, -0.2) is 0 Å². The Morgan fingerprint density at radius 3 is 1.13 bits per heavy atom. The monoisotopic (exact) mass is 414 g/mol. The summed E-state index contributed by atoms with van der Waals surface area (Å²) in [5.41, 5.74) is 1.36. The van der Waals surface area contributed by atoms with Gasteiger partial charge in [-0.2, -0.15) is 0 Å². The van der Waals surface area contributed by atoms with Crippen LogP contribution in [0.1, 0.15) is 11.1 Å². The van der Waals surface area contributed by atoms with Crippen molar-refractivity contribution < 1.29 is 33.2 Å². The lowest BCUT2D eigenvalue weighted by molar-refractivity contribution is -0.110. The molecule has 7 heteroatoms. The molecule has 0 saturated carbocycles. The molecule has 0 spiro atoms. The maximum absolute atomic E-state index is 12.4. The summed E-state index contributed by atoms with van der Waals surface area (Å²) in [7, 11) is 9.27. The van der Waals surface area contributed by atoms with Crippen LogP contribution < -0.4 is 28.4 Å². The van der Waals surface area contributed by atoms with E-state index in [-0.39, 0.29) is 5.78 Å². The Morgan fingerprint density at radius 1 is 0.533 bits per heavy atom. The second-order valence-corrected chi connectivity index (χ2v) is 5.97. The molecule has 0 saturated heterocycles. The minimum absolute atomic E-state index is 0.219. The third-order valence-corrected chi connectivity index (χ3v) is 4.33. The molecule has 2 aromatic rings. The zero-order valence-corrected chi connectivity index (χ0v) is 18.0. The Balaban J connectivity index is 2.27. The Labute approximate surface area is 176 Å². The fourth-order valence-electron chi connectivity index (χ4n) is 2.77. The number of methoxy groups -OCH3 is 6. The number of hydrogen-bond donors (Lipinski definition) is 0. The number of allylic oxidation sites excluding steroid dienone is 2. The summed E-state index contributed by atoms with van der Waals surface area (Å²) in [4.78, 5) is 12.4. The molecule has 0 unspecified atom stereocenters.